The van der Waals surface area contributed by atoms with Crippen LogP contribution in [-0.4, -0.2) is 71.0 Å². The molecule has 3 amide bonds. The highest BCUT2D eigenvalue weighted by atomic mass is 16.5. The lowest BCUT2D eigenvalue weighted by Crippen LogP contribution is -2.52. The van der Waals surface area contributed by atoms with Crippen LogP contribution in [-0.2, 0) is 27.4 Å². The van der Waals surface area contributed by atoms with Crippen molar-refractivity contribution in [3.63, 3.8) is 0 Å². The number of carbonyl (C=O) groups is 3. The number of fused-ring (bicyclic) bond motifs is 2. The Labute approximate surface area is 256 Å². The lowest BCUT2D eigenvalue weighted by Gasteiger charge is -2.29. The van der Waals surface area contributed by atoms with E-state index in [1.807, 2.05) is 18.2 Å². The van der Waals surface area contributed by atoms with E-state index >= 15 is 0 Å². The summed E-state index contributed by atoms with van der Waals surface area (Å²) in [5.41, 5.74) is 6.63. The predicted octanol–water partition coefficient (Wildman–Crippen LogP) is 4.42. The fourth-order valence-electron chi connectivity index (χ4n) is 7.47. The van der Waals surface area contributed by atoms with E-state index in [1.165, 1.54) is 40.6 Å². The maximum Gasteiger partial charge on any atom is 0.255 e. The van der Waals surface area contributed by atoms with Gasteiger partial charge in [-0.05, 0) is 91.5 Å². The van der Waals surface area contributed by atoms with E-state index in [9.17, 15) is 14.4 Å². The molecular formula is C35H38N4O5. The molecule has 2 atom stereocenters. The second-order valence-electron chi connectivity index (χ2n) is 13.1. The monoisotopic (exact) mass is 594 g/mol. The van der Waals surface area contributed by atoms with Gasteiger partial charge in [0.15, 0.2) is 0 Å². The van der Waals surface area contributed by atoms with Crippen LogP contribution in [0.4, 0.5) is 0 Å². The van der Waals surface area contributed by atoms with E-state index in [1.54, 1.807) is 4.90 Å². The smallest absolute Gasteiger partial charge is 0.255 e. The topological polar surface area (TPSA) is 101 Å². The van der Waals surface area contributed by atoms with E-state index in [-0.39, 0.29) is 24.3 Å². The second-order valence-corrected chi connectivity index (χ2v) is 13.1. The lowest BCUT2D eigenvalue weighted by molar-refractivity contribution is -0.136. The highest BCUT2D eigenvalue weighted by Gasteiger charge is 2.39. The largest absolute Gasteiger partial charge is 0.489 e. The van der Waals surface area contributed by atoms with Crippen LogP contribution < -0.4 is 10.1 Å². The van der Waals surface area contributed by atoms with Crippen molar-refractivity contribution < 1.29 is 23.9 Å². The highest BCUT2D eigenvalue weighted by molar-refractivity contribution is 6.05. The molecule has 3 aromatic rings. The van der Waals surface area contributed by atoms with E-state index < -0.39 is 11.9 Å². The van der Waals surface area contributed by atoms with Gasteiger partial charge in [-0.2, -0.15) is 0 Å². The minimum atomic E-state index is -0.610. The van der Waals surface area contributed by atoms with Crippen molar-refractivity contribution in [2.24, 2.45) is 0 Å². The molecule has 4 fully saturated rings. The Morgan fingerprint density at radius 2 is 1.80 bits per heavy atom. The Kier molecular flexibility index (Phi) is 7.10. The SMILES string of the molecule is O=C1CCC(N2Cc3cc(OC4CCN(Cc5cc(C6CC6)c6nc(C7CCOCC7)ccc6c5)C4)ccc3C2=O)C(=O)N1. The van der Waals surface area contributed by atoms with Gasteiger partial charge < -0.3 is 14.4 Å². The summed E-state index contributed by atoms with van der Waals surface area (Å²) in [5.74, 6) is 1.04. The predicted molar refractivity (Wildman–Crippen MR) is 163 cm³/mol. The van der Waals surface area contributed by atoms with Crippen molar-refractivity contribution in [1.82, 2.24) is 20.1 Å². The minimum Gasteiger partial charge on any atom is -0.489 e. The van der Waals surface area contributed by atoms with Crippen molar-refractivity contribution in [2.75, 3.05) is 26.3 Å². The van der Waals surface area contributed by atoms with Crippen LogP contribution >= 0.6 is 0 Å². The number of benzene rings is 2. The van der Waals surface area contributed by atoms with E-state index in [0.29, 0.717) is 30.4 Å². The molecule has 1 N–H and O–H groups in total. The van der Waals surface area contributed by atoms with Gasteiger partial charge in [0.25, 0.3) is 5.91 Å². The minimum absolute atomic E-state index is 0.0726. The van der Waals surface area contributed by atoms with Crippen molar-refractivity contribution in [3.8, 4) is 5.75 Å². The van der Waals surface area contributed by atoms with Crippen LogP contribution in [0.2, 0.25) is 0 Å². The van der Waals surface area contributed by atoms with Crippen LogP contribution in [0.1, 0.15) is 89.5 Å². The molecule has 0 radical (unpaired) electrons. The van der Waals surface area contributed by atoms with Gasteiger partial charge in [-0.15, -0.1) is 0 Å². The summed E-state index contributed by atoms with van der Waals surface area (Å²) in [6, 6.07) is 14.2. The first-order valence-electron chi connectivity index (χ1n) is 16.2. The number of aromatic nitrogens is 1. The normalized spacial score (nSPS) is 24.6. The molecule has 0 spiro atoms. The molecular weight excluding hydrogens is 556 g/mol. The maximum absolute atomic E-state index is 13.0. The first kappa shape index (κ1) is 27.7. The Morgan fingerprint density at radius 3 is 2.61 bits per heavy atom. The number of ether oxygens (including phenoxy) is 2. The number of hydrogen-bond acceptors (Lipinski definition) is 7. The molecule has 2 unspecified atom stereocenters. The number of rotatable bonds is 7. The van der Waals surface area contributed by atoms with Gasteiger partial charge in [0.1, 0.15) is 17.9 Å². The van der Waals surface area contributed by atoms with Gasteiger partial charge in [-0.3, -0.25) is 29.6 Å². The zero-order valence-electron chi connectivity index (χ0n) is 24.9. The van der Waals surface area contributed by atoms with Crippen molar-refractivity contribution in [2.45, 2.75) is 82.0 Å². The number of carbonyl (C=O) groups excluding carboxylic acids is 3. The van der Waals surface area contributed by atoms with Crippen molar-refractivity contribution >= 4 is 28.6 Å². The Hall–Kier alpha value is -3.82. The van der Waals surface area contributed by atoms with E-state index in [2.05, 4.69) is 34.5 Å². The van der Waals surface area contributed by atoms with Gasteiger partial charge in [-0.25, -0.2) is 0 Å². The average Bonchev–Trinajstić information content (AvgIpc) is 3.71. The number of piperidine rings is 1. The zero-order chi connectivity index (χ0) is 29.8. The molecule has 9 nitrogen and oxygen atoms in total. The van der Waals surface area contributed by atoms with Gasteiger partial charge in [0, 0.05) is 68.4 Å². The first-order valence-corrected chi connectivity index (χ1v) is 16.2. The molecule has 9 heteroatoms. The third-order valence-electron chi connectivity index (χ3n) is 9.99. The molecule has 1 aromatic heterocycles. The molecule has 44 heavy (non-hydrogen) atoms. The third-order valence-corrected chi connectivity index (χ3v) is 9.99. The number of hydrogen-bond donors (Lipinski definition) is 1. The first-order chi connectivity index (χ1) is 21.5. The number of likely N-dealkylation sites (tertiary alicyclic amines) is 1. The Bertz CT molecular complexity index is 1650. The molecule has 228 valence electrons. The van der Waals surface area contributed by atoms with Gasteiger partial charge in [0.2, 0.25) is 11.8 Å². The molecule has 5 heterocycles. The van der Waals surface area contributed by atoms with Gasteiger partial charge >= 0.3 is 0 Å². The quantitative estimate of drug-likeness (QED) is 0.404. The highest BCUT2D eigenvalue weighted by Crippen LogP contribution is 2.44. The maximum atomic E-state index is 13.0. The summed E-state index contributed by atoms with van der Waals surface area (Å²) in [4.78, 5) is 46.2. The number of nitrogens with zero attached hydrogens (tertiary/aromatic N) is 3. The fourth-order valence-corrected chi connectivity index (χ4v) is 7.47. The molecule has 1 saturated carbocycles. The fraction of sp³-hybridized carbons (Fsp3) is 0.486. The summed E-state index contributed by atoms with van der Waals surface area (Å²) in [5, 5.41) is 3.60. The van der Waals surface area contributed by atoms with Crippen LogP contribution in [0, 0.1) is 0 Å². The zero-order valence-corrected chi connectivity index (χ0v) is 24.9. The molecule has 8 rings (SSSR count). The van der Waals surface area contributed by atoms with E-state index in [0.717, 1.165) is 63.4 Å². The molecule has 5 aliphatic rings. The van der Waals surface area contributed by atoms with Crippen molar-refractivity contribution in [3.05, 3.63) is 70.4 Å². The lowest BCUT2D eigenvalue weighted by atomic mass is 9.94. The molecule has 4 aliphatic heterocycles. The third kappa shape index (κ3) is 5.37. The van der Waals surface area contributed by atoms with Gasteiger partial charge in [0.05, 0.1) is 5.52 Å². The Morgan fingerprint density at radius 1 is 0.932 bits per heavy atom. The van der Waals surface area contributed by atoms with Crippen LogP contribution in [0.5, 0.6) is 5.75 Å². The van der Waals surface area contributed by atoms with Crippen LogP contribution in [0.15, 0.2) is 42.5 Å². The second kappa shape index (κ2) is 11.3. The molecule has 0 bridgehead atoms. The summed E-state index contributed by atoms with van der Waals surface area (Å²) in [6.45, 7) is 4.70. The molecule has 2 aromatic carbocycles. The standard InChI is InChI=1S/C35H38N4O5/c40-32-8-7-31(34(41)37-32)39-19-25-17-26(4-5-28(25)35(39)42)44-27-9-12-38(20-27)18-21-15-24-3-6-30(23-10-13-43-14-11-23)36-33(24)29(16-21)22-1-2-22/h3-6,15-17,22-23,27,31H,1-2,7-14,18-20H2,(H,37,40,41). The number of imide groups is 1. The number of amides is 3. The molecule has 1 aliphatic carbocycles. The van der Waals surface area contributed by atoms with Crippen molar-refractivity contribution in [1.29, 1.82) is 0 Å². The summed E-state index contributed by atoms with van der Waals surface area (Å²) < 4.78 is 12.0. The molecule has 3 saturated heterocycles. The number of pyridine rings is 1. The average molecular weight is 595 g/mol. The van der Waals surface area contributed by atoms with Crippen LogP contribution in [0.3, 0.4) is 0 Å². The summed E-state index contributed by atoms with van der Waals surface area (Å²) in [6.07, 6.45) is 6.23. The number of nitrogens with one attached hydrogen (secondary N) is 1. The van der Waals surface area contributed by atoms with E-state index in [4.69, 9.17) is 14.5 Å². The summed E-state index contributed by atoms with van der Waals surface area (Å²) >= 11 is 0. The van der Waals surface area contributed by atoms with Crippen LogP contribution in [0.25, 0.3) is 10.9 Å². The van der Waals surface area contributed by atoms with Gasteiger partial charge in [-0.1, -0.05) is 12.1 Å². The summed E-state index contributed by atoms with van der Waals surface area (Å²) in [7, 11) is 0. The Balaban J connectivity index is 0.926.